The second kappa shape index (κ2) is 7.97. The highest BCUT2D eigenvalue weighted by atomic mass is 16.1. The Hall–Kier alpha value is -3.70. The van der Waals surface area contributed by atoms with Gasteiger partial charge in [0.05, 0.1) is 23.4 Å². The van der Waals surface area contributed by atoms with E-state index < -0.39 is 6.04 Å². The van der Waals surface area contributed by atoms with E-state index in [1.807, 2.05) is 85.3 Å². The van der Waals surface area contributed by atoms with Gasteiger partial charge in [0.25, 0.3) is 0 Å². The minimum absolute atomic E-state index is 0.0640. The van der Waals surface area contributed by atoms with Crippen LogP contribution in [0.4, 0.5) is 0 Å². The number of hydrogen-bond donors (Lipinski definition) is 2. The Morgan fingerprint density at radius 3 is 2.63 bits per heavy atom. The summed E-state index contributed by atoms with van der Waals surface area (Å²) in [5.41, 5.74) is 4.71. The summed E-state index contributed by atoms with van der Waals surface area (Å²) in [5, 5.41) is 4.43. The molecule has 2 heterocycles. The average Bonchev–Trinajstić information content (AvgIpc) is 3.41. The SMILES string of the molecule is O=C(c1c[nH]c2ccccc12)[C@@H](NCCn1cnc2ccccc21)c1ccccc1. The maximum absolute atomic E-state index is 13.5. The lowest BCUT2D eigenvalue weighted by molar-refractivity contribution is 0.0944. The van der Waals surface area contributed by atoms with Gasteiger partial charge in [-0.25, -0.2) is 4.98 Å². The number of imidazole rings is 1. The molecule has 0 aliphatic heterocycles. The maximum Gasteiger partial charge on any atom is 0.186 e. The van der Waals surface area contributed by atoms with Gasteiger partial charge in [0, 0.05) is 35.8 Å². The van der Waals surface area contributed by atoms with Crippen LogP contribution in [0.15, 0.2) is 91.4 Å². The van der Waals surface area contributed by atoms with Crippen LogP contribution in [0.5, 0.6) is 0 Å². The molecule has 0 saturated heterocycles. The fraction of sp³-hybridized carbons (Fsp3) is 0.120. The molecular formula is C25H22N4O. The van der Waals surface area contributed by atoms with Crippen LogP contribution in [-0.4, -0.2) is 26.9 Å². The molecule has 0 amide bonds. The van der Waals surface area contributed by atoms with Crippen molar-refractivity contribution in [1.82, 2.24) is 19.9 Å². The molecule has 5 nitrogen and oxygen atoms in total. The lowest BCUT2D eigenvalue weighted by Crippen LogP contribution is -2.31. The van der Waals surface area contributed by atoms with E-state index >= 15 is 0 Å². The van der Waals surface area contributed by atoms with Crippen LogP contribution in [0, 0.1) is 0 Å². The molecule has 0 bridgehead atoms. The van der Waals surface area contributed by atoms with Crippen molar-refractivity contribution >= 4 is 27.7 Å². The molecule has 148 valence electrons. The van der Waals surface area contributed by atoms with Gasteiger partial charge in [0.15, 0.2) is 5.78 Å². The molecule has 5 heteroatoms. The predicted octanol–water partition coefficient (Wildman–Crippen LogP) is 4.73. The van der Waals surface area contributed by atoms with Gasteiger partial charge >= 0.3 is 0 Å². The van der Waals surface area contributed by atoms with Crippen molar-refractivity contribution in [2.75, 3.05) is 6.54 Å². The Labute approximate surface area is 174 Å². The maximum atomic E-state index is 13.5. The summed E-state index contributed by atoms with van der Waals surface area (Å²) in [5.74, 6) is 0.0640. The summed E-state index contributed by atoms with van der Waals surface area (Å²) >= 11 is 0. The van der Waals surface area contributed by atoms with E-state index in [4.69, 9.17) is 0 Å². The Morgan fingerprint density at radius 2 is 1.73 bits per heavy atom. The number of benzene rings is 3. The number of rotatable bonds is 7. The highest BCUT2D eigenvalue weighted by Gasteiger charge is 2.23. The Bertz CT molecular complexity index is 1300. The Kier molecular flexibility index (Phi) is 4.87. The fourth-order valence-electron chi connectivity index (χ4n) is 3.96. The molecule has 0 spiro atoms. The fourth-order valence-corrected chi connectivity index (χ4v) is 3.96. The molecule has 0 fully saturated rings. The Morgan fingerprint density at radius 1 is 0.967 bits per heavy atom. The lowest BCUT2D eigenvalue weighted by Gasteiger charge is -2.18. The van der Waals surface area contributed by atoms with Gasteiger partial charge in [-0.2, -0.15) is 0 Å². The zero-order chi connectivity index (χ0) is 20.3. The molecular weight excluding hydrogens is 372 g/mol. The summed E-state index contributed by atoms with van der Waals surface area (Å²) in [6.45, 7) is 1.37. The molecule has 0 aliphatic carbocycles. The minimum Gasteiger partial charge on any atom is -0.360 e. The van der Waals surface area contributed by atoms with Crippen molar-refractivity contribution in [1.29, 1.82) is 0 Å². The van der Waals surface area contributed by atoms with Crippen LogP contribution in [0.2, 0.25) is 0 Å². The third-order valence-electron chi connectivity index (χ3n) is 5.48. The molecule has 1 atom stereocenters. The van der Waals surface area contributed by atoms with Crippen molar-refractivity contribution in [3.63, 3.8) is 0 Å². The van der Waals surface area contributed by atoms with Gasteiger partial charge in [-0.1, -0.05) is 60.7 Å². The van der Waals surface area contributed by atoms with E-state index in [2.05, 4.69) is 25.9 Å². The van der Waals surface area contributed by atoms with Crippen molar-refractivity contribution in [2.45, 2.75) is 12.6 Å². The number of para-hydroxylation sites is 3. The molecule has 3 aromatic carbocycles. The van der Waals surface area contributed by atoms with Crippen molar-refractivity contribution in [3.05, 3.63) is 103 Å². The zero-order valence-electron chi connectivity index (χ0n) is 16.5. The quantitative estimate of drug-likeness (QED) is 0.392. The third-order valence-corrected chi connectivity index (χ3v) is 5.48. The first-order chi connectivity index (χ1) is 14.8. The molecule has 0 radical (unpaired) electrons. The van der Waals surface area contributed by atoms with Crippen LogP contribution >= 0.6 is 0 Å². The Balaban J connectivity index is 1.40. The van der Waals surface area contributed by atoms with E-state index in [1.165, 1.54) is 0 Å². The molecule has 0 aliphatic rings. The van der Waals surface area contributed by atoms with Gasteiger partial charge in [0.1, 0.15) is 0 Å². The molecule has 2 aromatic heterocycles. The van der Waals surface area contributed by atoms with Crippen molar-refractivity contribution in [3.8, 4) is 0 Å². The minimum atomic E-state index is -0.416. The van der Waals surface area contributed by atoms with E-state index in [0.29, 0.717) is 12.1 Å². The summed E-state index contributed by atoms with van der Waals surface area (Å²) < 4.78 is 2.11. The number of H-pyrrole nitrogens is 1. The van der Waals surface area contributed by atoms with Crippen LogP contribution in [0.25, 0.3) is 21.9 Å². The first kappa shape index (κ1) is 18.3. The van der Waals surface area contributed by atoms with Gasteiger partial charge in [0.2, 0.25) is 0 Å². The summed E-state index contributed by atoms with van der Waals surface area (Å²) in [6.07, 6.45) is 3.67. The van der Waals surface area contributed by atoms with Gasteiger partial charge in [-0.05, 0) is 23.8 Å². The first-order valence-electron chi connectivity index (χ1n) is 10.1. The molecule has 0 unspecified atom stereocenters. The first-order valence-corrected chi connectivity index (χ1v) is 10.1. The van der Waals surface area contributed by atoms with Crippen LogP contribution in [-0.2, 0) is 6.54 Å². The standard InChI is InChI=1S/C25H22N4O/c30-25(20-16-27-21-11-5-4-10-19(20)21)24(18-8-2-1-3-9-18)26-14-15-29-17-28-22-12-6-7-13-23(22)29/h1-13,16-17,24,26-27H,14-15H2/t24-/m0/s1. The van der Waals surface area contributed by atoms with Crippen LogP contribution in [0.1, 0.15) is 22.0 Å². The lowest BCUT2D eigenvalue weighted by atomic mass is 9.97. The average molecular weight is 394 g/mol. The monoisotopic (exact) mass is 394 g/mol. The van der Waals surface area contributed by atoms with Gasteiger partial charge < -0.3 is 14.9 Å². The molecule has 5 rings (SSSR count). The smallest absolute Gasteiger partial charge is 0.186 e. The number of nitrogens with one attached hydrogen (secondary N) is 2. The summed E-state index contributed by atoms with van der Waals surface area (Å²) in [6, 6.07) is 25.5. The number of fused-ring (bicyclic) bond motifs is 2. The largest absolute Gasteiger partial charge is 0.360 e. The summed E-state index contributed by atoms with van der Waals surface area (Å²) in [4.78, 5) is 21.2. The number of hydrogen-bond acceptors (Lipinski definition) is 3. The number of nitrogens with zero attached hydrogens (tertiary/aromatic N) is 2. The summed E-state index contributed by atoms with van der Waals surface area (Å²) in [7, 11) is 0. The van der Waals surface area contributed by atoms with E-state index in [1.54, 1.807) is 0 Å². The van der Waals surface area contributed by atoms with Crippen LogP contribution < -0.4 is 5.32 Å². The predicted molar refractivity (Wildman–Crippen MR) is 120 cm³/mol. The van der Waals surface area contributed by atoms with Crippen LogP contribution in [0.3, 0.4) is 0 Å². The number of aromatic amines is 1. The van der Waals surface area contributed by atoms with Gasteiger partial charge in [-0.15, -0.1) is 0 Å². The number of aromatic nitrogens is 3. The van der Waals surface area contributed by atoms with E-state index in [9.17, 15) is 4.79 Å². The highest BCUT2D eigenvalue weighted by molar-refractivity contribution is 6.10. The van der Waals surface area contributed by atoms with Crippen molar-refractivity contribution in [2.24, 2.45) is 0 Å². The third kappa shape index (κ3) is 3.40. The molecule has 30 heavy (non-hydrogen) atoms. The number of ketones is 1. The second-order valence-electron chi connectivity index (χ2n) is 7.34. The van der Waals surface area contributed by atoms with Crippen molar-refractivity contribution < 1.29 is 4.79 Å². The molecule has 0 saturated carbocycles. The number of Topliss-reactive ketones (excluding diaryl/α,β-unsaturated/α-hetero) is 1. The van der Waals surface area contributed by atoms with Gasteiger partial charge in [-0.3, -0.25) is 4.79 Å². The molecule has 5 aromatic rings. The molecule has 2 N–H and O–H groups in total. The normalized spacial score (nSPS) is 12.4. The zero-order valence-corrected chi connectivity index (χ0v) is 16.5. The number of carbonyl (C=O) groups is 1. The highest BCUT2D eigenvalue weighted by Crippen LogP contribution is 2.24. The van der Waals surface area contributed by atoms with E-state index in [-0.39, 0.29) is 5.78 Å². The van der Waals surface area contributed by atoms with E-state index in [0.717, 1.165) is 34.0 Å². The second-order valence-corrected chi connectivity index (χ2v) is 7.34. The number of carbonyl (C=O) groups excluding carboxylic acids is 1. The topological polar surface area (TPSA) is 62.7 Å².